The third-order valence-electron chi connectivity index (χ3n) is 5.43. The average Bonchev–Trinajstić information content (AvgIpc) is 3.29. The quantitative estimate of drug-likeness (QED) is 0.562. The van der Waals surface area contributed by atoms with Crippen LogP contribution in [0.1, 0.15) is 12.5 Å². The molecule has 1 amide bonds. The van der Waals surface area contributed by atoms with Crippen LogP contribution in [-0.4, -0.2) is 72.3 Å². The summed E-state index contributed by atoms with van der Waals surface area (Å²) in [5, 5.41) is 4.11. The van der Waals surface area contributed by atoms with Crippen LogP contribution in [0.15, 0.2) is 47.0 Å². The molecular weight excluding hydrogens is 408 g/mol. The maximum Gasteiger partial charge on any atom is 0.260 e. The molecule has 2 heterocycles. The van der Waals surface area contributed by atoms with Crippen molar-refractivity contribution < 1.29 is 18.8 Å². The lowest BCUT2D eigenvalue weighted by Crippen LogP contribution is -2.48. The molecule has 0 atom stereocenters. The zero-order valence-corrected chi connectivity index (χ0v) is 18.7. The van der Waals surface area contributed by atoms with E-state index >= 15 is 0 Å². The first-order chi connectivity index (χ1) is 15.5. The van der Waals surface area contributed by atoms with Crippen molar-refractivity contribution in [2.75, 3.05) is 46.4 Å². The highest BCUT2D eigenvalue weighted by Crippen LogP contribution is 2.33. The Labute approximate surface area is 187 Å². The number of carbonyl (C=O) groups is 1. The Morgan fingerprint density at radius 3 is 2.44 bits per heavy atom. The Bertz CT molecular complexity index is 1060. The zero-order valence-electron chi connectivity index (χ0n) is 18.7. The minimum absolute atomic E-state index is 0.0227. The van der Waals surface area contributed by atoms with Crippen molar-refractivity contribution in [2.45, 2.75) is 13.8 Å². The molecule has 0 unspecified atom stereocenters. The summed E-state index contributed by atoms with van der Waals surface area (Å²) in [6.45, 7) is 7.56. The highest BCUT2D eigenvalue weighted by molar-refractivity contribution is 5.78. The third-order valence-corrected chi connectivity index (χ3v) is 5.43. The molecule has 0 radical (unpaired) electrons. The van der Waals surface area contributed by atoms with E-state index in [4.69, 9.17) is 14.0 Å². The molecule has 3 aromatic rings. The number of hydrogen-bond acceptors (Lipinski definition) is 7. The molecule has 168 valence electrons. The molecule has 32 heavy (non-hydrogen) atoms. The fourth-order valence-corrected chi connectivity index (χ4v) is 3.48. The lowest BCUT2D eigenvalue weighted by Gasteiger charge is -2.32. The van der Waals surface area contributed by atoms with E-state index in [2.05, 4.69) is 22.1 Å². The summed E-state index contributed by atoms with van der Waals surface area (Å²) in [6, 6.07) is 13.3. The van der Waals surface area contributed by atoms with Crippen molar-refractivity contribution in [3.05, 3.63) is 48.0 Å². The Balaban J connectivity index is 1.47. The number of carbonyl (C=O) groups excluding carboxylic acids is 1. The predicted molar refractivity (Wildman–Crippen MR) is 121 cm³/mol. The summed E-state index contributed by atoms with van der Waals surface area (Å²) >= 11 is 0. The Morgan fingerprint density at radius 1 is 1.00 bits per heavy atom. The molecule has 1 fully saturated rings. The van der Waals surface area contributed by atoms with Crippen molar-refractivity contribution >= 4 is 5.91 Å². The van der Waals surface area contributed by atoms with E-state index in [1.54, 1.807) is 6.07 Å². The van der Waals surface area contributed by atoms with Crippen LogP contribution in [-0.2, 0) is 4.79 Å². The molecule has 1 aliphatic rings. The van der Waals surface area contributed by atoms with Crippen LogP contribution >= 0.6 is 0 Å². The van der Waals surface area contributed by atoms with E-state index < -0.39 is 0 Å². The largest absolute Gasteiger partial charge is 0.490 e. The molecule has 0 spiro atoms. The lowest BCUT2D eigenvalue weighted by atomic mass is 10.1. The van der Waals surface area contributed by atoms with Gasteiger partial charge in [-0.25, -0.2) is 0 Å². The topological polar surface area (TPSA) is 80.9 Å². The Kier molecular flexibility index (Phi) is 6.70. The van der Waals surface area contributed by atoms with E-state index in [0.717, 1.165) is 42.9 Å². The van der Waals surface area contributed by atoms with Crippen molar-refractivity contribution in [3.8, 4) is 34.3 Å². The second kappa shape index (κ2) is 9.82. The summed E-state index contributed by atoms with van der Waals surface area (Å²) in [5.74, 6) is 1.95. The van der Waals surface area contributed by atoms with E-state index in [1.807, 2.05) is 55.1 Å². The molecule has 1 aromatic heterocycles. The molecule has 0 aliphatic carbocycles. The van der Waals surface area contributed by atoms with Gasteiger partial charge in [-0.3, -0.25) is 4.79 Å². The van der Waals surface area contributed by atoms with Gasteiger partial charge in [-0.2, -0.15) is 4.98 Å². The lowest BCUT2D eigenvalue weighted by molar-refractivity contribution is -0.134. The minimum Gasteiger partial charge on any atom is -0.490 e. The molecule has 0 bridgehead atoms. The van der Waals surface area contributed by atoms with Crippen molar-refractivity contribution in [1.29, 1.82) is 0 Å². The van der Waals surface area contributed by atoms with Gasteiger partial charge in [-0.1, -0.05) is 22.9 Å². The highest BCUT2D eigenvalue weighted by atomic mass is 16.5. The van der Waals surface area contributed by atoms with Crippen LogP contribution in [0, 0.1) is 6.92 Å². The van der Waals surface area contributed by atoms with Gasteiger partial charge in [0.05, 0.1) is 6.61 Å². The van der Waals surface area contributed by atoms with Crippen molar-refractivity contribution in [3.63, 3.8) is 0 Å². The van der Waals surface area contributed by atoms with Crippen LogP contribution < -0.4 is 9.47 Å². The molecular formula is C24H28N4O4. The van der Waals surface area contributed by atoms with E-state index in [9.17, 15) is 4.79 Å². The molecule has 1 saturated heterocycles. The molecule has 0 N–H and O–H groups in total. The molecule has 8 nitrogen and oxygen atoms in total. The molecule has 2 aromatic carbocycles. The highest BCUT2D eigenvalue weighted by Gasteiger charge is 2.20. The number of amides is 1. The standard InChI is InChI=1S/C24H28N4O4/c1-4-30-21-15-19(23-25-24(32-26-23)18-7-5-17(2)6-8-18)9-10-20(21)31-16-22(29)28-13-11-27(3)12-14-28/h5-10,15H,4,11-14,16H2,1-3H3. The zero-order chi connectivity index (χ0) is 22.5. The molecule has 1 aliphatic heterocycles. The summed E-state index contributed by atoms with van der Waals surface area (Å²) in [4.78, 5) is 21.1. The maximum atomic E-state index is 12.5. The number of benzene rings is 2. The van der Waals surface area contributed by atoms with Crippen LogP contribution in [0.3, 0.4) is 0 Å². The molecule has 4 rings (SSSR count). The fraction of sp³-hybridized carbons (Fsp3) is 0.375. The van der Waals surface area contributed by atoms with Crippen LogP contribution in [0.4, 0.5) is 0 Å². The number of aryl methyl sites for hydroxylation is 1. The monoisotopic (exact) mass is 436 g/mol. The molecule has 0 saturated carbocycles. The van der Waals surface area contributed by atoms with Gasteiger partial charge in [0.25, 0.3) is 11.8 Å². The van der Waals surface area contributed by atoms with E-state index in [0.29, 0.717) is 29.8 Å². The SMILES string of the molecule is CCOc1cc(-c2noc(-c3ccc(C)cc3)n2)ccc1OCC(=O)N1CCN(C)CC1. The Morgan fingerprint density at radius 2 is 1.72 bits per heavy atom. The predicted octanol–water partition coefficient (Wildman–Crippen LogP) is 3.26. The first-order valence-electron chi connectivity index (χ1n) is 10.8. The minimum atomic E-state index is -0.0249. The number of piperazine rings is 1. The number of likely N-dealkylation sites (N-methyl/N-ethyl adjacent to an activating group) is 1. The van der Waals surface area contributed by atoms with E-state index in [-0.39, 0.29) is 12.5 Å². The van der Waals surface area contributed by atoms with Gasteiger partial charge < -0.3 is 23.8 Å². The summed E-state index contributed by atoms with van der Waals surface area (Å²) in [6.07, 6.45) is 0. The van der Waals surface area contributed by atoms with Crippen LogP contribution in [0.5, 0.6) is 11.5 Å². The van der Waals surface area contributed by atoms with Gasteiger partial charge in [0.2, 0.25) is 5.82 Å². The van der Waals surface area contributed by atoms with Gasteiger partial charge in [0, 0.05) is 37.3 Å². The fourth-order valence-electron chi connectivity index (χ4n) is 3.48. The van der Waals surface area contributed by atoms with Crippen LogP contribution in [0.25, 0.3) is 22.8 Å². The van der Waals surface area contributed by atoms with Crippen molar-refractivity contribution in [2.24, 2.45) is 0 Å². The Hall–Kier alpha value is -3.39. The second-order valence-electron chi connectivity index (χ2n) is 7.86. The van der Waals surface area contributed by atoms with Gasteiger partial charge in [-0.05, 0) is 51.2 Å². The first-order valence-corrected chi connectivity index (χ1v) is 10.8. The number of rotatable bonds is 7. The maximum absolute atomic E-state index is 12.5. The number of ether oxygens (including phenoxy) is 2. The first kappa shape index (κ1) is 21.8. The van der Waals surface area contributed by atoms with Gasteiger partial charge >= 0.3 is 0 Å². The smallest absolute Gasteiger partial charge is 0.260 e. The summed E-state index contributed by atoms with van der Waals surface area (Å²) in [5.41, 5.74) is 2.77. The summed E-state index contributed by atoms with van der Waals surface area (Å²) in [7, 11) is 2.06. The normalized spacial score (nSPS) is 14.4. The van der Waals surface area contributed by atoms with Crippen molar-refractivity contribution in [1.82, 2.24) is 19.9 Å². The van der Waals surface area contributed by atoms with Gasteiger partial charge in [-0.15, -0.1) is 0 Å². The van der Waals surface area contributed by atoms with Gasteiger partial charge in [0.1, 0.15) is 0 Å². The van der Waals surface area contributed by atoms with E-state index in [1.165, 1.54) is 0 Å². The average molecular weight is 437 g/mol. The molecule has 8 heteroatoms. The number of nitrogens with zero attached hydrogens (tertiary/aromatic N) is 4. The number of hydrogen-bond donors (Lipinski definition) is 0. The van der Waals surface area contributed by atoms with Gasteiger partial charge in [0.15, 0.2) is 18.1 Å². The second-order valence-corrected chi connectivity index (χ2v) is 7.86. The van der Waals surface area contributed by atoms with Crippen LogP contribution in [0.2, 0.25) is 0 Å². The summed E-state index contributed by atoms with van der Waals surface area (Å²) < 4.78 is 17.0. The number of aromatic nitrogens is 2. The third kappa shape index (κ3) is 5.08.